The summed E-state index contributed by atoms with van der Waals surface area (Å²) in [7, 11) is 1.44. The first-order valence-corrected chi connectivity index (χ1v) is 7.99. The standard InChI is InChI=1S/C18H14Cl2N2O2/c1-24-15-11-22(10-12-6-3-2-4-7-12)17(21-18(15)23)13-8-5-9-14(19)16(13)20/h2-9,11H,10H2,1H3. The average Bonchev–Trinajstić information content (AvgIpc) is 2.59. The van der Waals surface area contributed by atoms with Crippen molar-refractivity contribution < 1.29 is 4.74 Å². The van der Waals surface area contributed by atoms with Gasteiger partial charge in [0.05, 0.1) is 23.4 Å². The van der Waals surface area contributed by atoms with Crippen LogP contribution in [-0.4, -0.2) is 16.7 Å². The second-order valence-corrected chi connectivity index (χ2v) is 5.94. The first-order chi connectivity index (χ1) is 11.6. The van der Waals surface area contributed by atoms with E-state index in [0.717, 1.165) is 5.56 Å². The summed E-state index contributed by atoms with van der Waals surface area (Å²) >= 11 is 12.4. The summed E-state index contributed by atoms with van der Waals surface area (Å²) in [4.78, 5) is 16.3. The van der Waals surface area contributed by atoms with Gasteiger partial charge < -0.3 is 9.30 Å². The Bertz CT molecular complexity index is 924. The van der Waals surface area contributed by atoms with Crippen LogP contribution in [0.5, 0.6) is 5.75 Å². The maximum Gasteiger partial charge on any atom is 0.315 e. The van der Waals surface area contributed by atoms with E-state index in [0.29, 0.717) is 28.0 Å². The molecule has 0 radical (unpaired) electrons. The Morgan fingerprint density at radius 3 is 2.54 bits per heavy atom. The fraction of sp³-hybridized carbons (Fsp3) is 0.111. The van der Waals surface area contributed by atoms with Gasteiger partial charge in [-0.05, 0) is 17.7 Å². The molecule has 24 heavy (non-hydrogen) atoms. The number of ether oxygens (including phenoxy) is 1. The minimum absolute atomic E-state index is 0.174. The highest BCUT2D eigenvalue weighted by atomic mass is 35.5. The van der Waals surface area contributed by atoms with E-state index >= 15 is 0 Å². The predicted molar refractivity (Wildman–Crippen MR) is 96.0 cm³/mol. The van der Waals surface area contributed by atoms with Crippen molar-refractivity contribution in [3.63, 3.8) is 0 Å². The van der Waals surface area contributed by atoms with Gasteiger partial charge in [0.1, 0.15) is 5.82 Å². The van der Waals surface area contributed by atoms with E-state index in [1.165, 1.54) is 7.11 Å². The highest BCUT2D eigenvalue weighted by Gasteiger charge is 2.15. The van der Waals surface area contributed by atoms with Crippen LogP contribution in [0.3, 0.4) is 0 Å². The molecule has 3 aromatic rings. The number of nitrogens with zero attached hydrogens (tertiary/aromatic N) is 2. The Balaban J connectivity index is 2.19. The maximum absolute atomic E-state index is 12.1. The molecule has 122 valence electrons. The molecule has 3 rings (SSSR count). The van der Waals surface area contributed by atoms with Crippen LogP contribution in [0.15, 0.2) is 59.5 Å². The fourth-order valence-corrected chi connectivity index (χ4v) is 2.79. The van der Waals surface area contributed by atoms with Gasteiger partial charge in [-0.1, -0.05) is 59.6 Å². The second-order valence-electron chi connectivity index (χ2n) is 5.15. The van der Waals surface area contributed by atoms with Gasteiger partial charge in [-0.25, -0.2) is 0 Å². The fourth-order valence-electron chi connectivity index (χ4n) is 2.41. The molecule has 0 N–H and O–H groups in total. The number of hydrogen-bond donors (Lipinski definition) is 0. The lowest BCUT2D eigenvalue weighted by Crippen LogP contribution is -2.17. The Morgan fingerprint density at radius 2 is 1.83 bits per heavy atom. The monoisotopic (exact) mass is 360 g/mol. The lowest BCUT2D eigenvalue weighted by atomic mass is 10.2. The third kappa shape index (κ3) is 3.30. The van der Waals surface area contributed by atoms with Gasteiger partial charge in [0.25, 0.3) is 0 Å². The molecule has 0 amide bonds. The zero-order valence-electron chi connectivity index (χ0n) is 12.9. The van der Waals surface area contributed by atoms with Crippen molar-refractivity contribution in [2.45, 2.75) is 6.54 Å². The van der Waals surface area contributed by atoms with Crippen molar-refractivity contribution in [2.24, 2.45) is 0 Å². The highest BCUT2D eigenvalue weighted by molar-refractivity contribution is 6.43. The molecule has 0 saturated carbocycles. The third-order valence-electron chi connectivity index (χ3n) is 3.57. The molecule has 0 saturated heterocycles. The summed E-state index contributed by atoms with van der Waals surface area (Å²) in [5.41, 5.74) is 1.21. The maximum atomic E-state index is 12.1. The number of halogens is 2. The number of methoxy groups -OCH3 is 1. The molecule has 1 aromatic heterocycles. The lowest BCUT2D eigenvalue weighted by molar-refractivity contribution is 0.402. The quantitative estimate of drug-likeness (QED) is 0.697. The molecule has 0 unspecified atom stereocenters. The average molecular weight is 361 g/mol. The van der Waals surface area contributed by atoms with Gasteiger partial charge in [0.2, 0.25) is 5.75 Å². The summed E-state index contributed by atoms with van der Waals surface area (Å²) in [6, 6.07) is 15.1. The SMILES string of the molecule is COc1cn(Cc2ccccc2)c(-c2cccc(Cl)c2Cl)nc1=O. The third-order valence-corrected chi connectivity index (χ3v) is 4.39. The number of benzene rings is 2. The first kappa shape index (κ1) is 16.6. The van der Waals surface area contributed by atoms with Crippen molar-refractivity contribution in [3.05, 3.63) is 80.7 Å². The Labute approximate surface area is 149 Å². The van der Waals surface area contributed by atoms with E-state index in [1.807, 2.05) is 34.9 Å². The molecular weight excluding hydrogens is 347 g/mol. The normalized spacial score (nSPS) is 10.6. The van der Waals surface area contributed by atoms with E-state index in [1.54, 1.807) is 24.4 Å². The molecular formula is C18H14Cl2N2O2. The predicted octanol–water partition coefficient (Wildman–Crippen LogP) is 4.27. The molecule has 0 aliphatic rings. The van der Waals surface area contributed by atoms with Crippen LogP contribution in [0.1, 0.15) is 5.56 Å². The summed E-state index contributed by atoms with van der Waals surface area (Å²) in [5.74, 6) is 0.616. The smallest absolute Gasteiger partial charge is 0.315 e. The Hall–Kier alpha value is -2.30. The summed E-state index contributed by atoms with van der Waals surface area (Å²) in [6.45, 7) is 0.517. The summed E-state index contributed by atoms with van der Waals surface area (Å²) in [6.07, 6.45) is 1.63. The minimum Gasteiger partial charge on any atom is -0.490 e. The van der Waals surface area contributed by atoms with Gasteiger partial charge >= 0.3 is 5.56 Å². The van der Waals surface area contributed by atoms with Gasteiger partial charge in [-0.2, -0.15) is 4.98 Å². The van der Waals surface area contributed by atoms with E-state index in [2.05, 4.69) is 4.98 Å². The second kappa shape index (κ2) is 7.07. The molecule has 0 aliphatic carbocycles. The van der Waals surface area contributed by atoms with Crippen molar-refractivity contribution in [1.29, 1.82) is 0 Å². The van der Waals surface area contributed by atoms with E-state index in [-0.39, 0.29) is 5.75 Å². The zero-order valence-corrected chi connectivity index (χ0v) is 14.4. The van der Waals surface area contributed by atoms with E-state index in [9.17, 15) is 4.79 Å². The first-order valence-electron chi connectivity index (χ1n) is 7.24. The Kier molecular flexibility index (Phi) is 4.88. The van der Waals surface area contributed by atoms with Gasteiger partial charge in [0, 0.05) is 12.1 Å². The highest BCUT2D eigenvalue weighted by Crippen LogP contribution is 2.32. The summed E-state index contributed by atoms with van der Waals surface area (Å²) in [5, 5.41) is 0.767. The minimum atomic E-state index is -0.451. The molecule has 1 heterocycles. The summed E-state index contributed by atoms with van der Waals surface area (Å²) < 4.78 is 6.94. The zero-order chi connectivity index (χ0) is 17.1. The number of aromatic nitrogens is 2. The number of rotatable bonds is 4. The van der Waals surface area contributed by atoms with Gasteiger partial charge in [-0.15, -0.1) is 0 Å². The van der Waals surface area contributed by atoms with Crippen molar-refractivity contribution in [2.75, 3.05) is 7.11 Å². The van der Waals surface area contributed by atoms with Crippen molar-refractivity contribution in [3.8, 4) is 17.1 Å². The molecule has 0 fully saturated rings. The van der Waals surface area contributed by atoms with Crippen LogP contribution in [0.2, 0.25) is 10.0 Å². The van der Waals surface area contributed by atoms with Crippen molar-refractivity contribution in [1.82, 2.24) is 9.55 Å². The van der Waals surface area contributed by atoms with Crippen molar-refractivity contribution >= 4 is 23.2 Å². The molecule has 6 heteroatoms. The van der Waals surface area contributed by atoms with Crippen LogP contribution in [0, 0.1) is 0 Å². The van der Waals surface area contributed by atoms with Gasteiger partial charge in [0.15, 0.2) is 0 Å². The molecule has 0 atom stereocenters. The lowest BCUT2D eigenvalue weighted by Gasteiger charge is -2.15. The van der Waals surface area contributed by atoms with E-state index < -0.39 is 5.56 Å². The van der Waals surface area contributed by atoms with Gasteiger partial charge in [-0.3, -0.25) is 4.79 Å². The Morgan fingerprint density at radius 1 is 1.08 bits per heavy atom. The largest absolute Gasteiger partial charge is 0.490 e. The van der Waals surface area contributed by atoms with Crippen LogP contribution in [-0.2, 0) is 6.54 Å². The topological polar surface area (TPSA) is 44.1 Å². The molecule has 0 bridgehead atoms. The van der Waals surface area contributed by atoms with Crippen LogP contribution in [0.4, 0.5) is 0 Å². The van der Waals surface area contributed by atoms with Crippen LogP contribution < -0.4 is 10.3 Å². The van der Waals surface area contributed by atoms with Crippen LogP contribution >= 0.6 is 23.2 Å². The molecule has 4 nitrogen and oxygen atoms in total. The molecule has 0 spiro atoms. The molecule has 0 aliphatic heterocycles. The number of hydrogen-bond acceptors (Lipinski definition) is 3. The van der Waals surface area contributed by atoms with E-state index in [4.69, 9.17) is 27.9 Å². The molecule has 2 aromatic carbocycles. The van der Waals surface area contributed by atoms with Crippen LogP contribution in [0.25, 0.3) is 11.4 Å².